The minimum absolute atomic E-state index is 0.255. The summed E-state index contributed by atoms with van der Waals surface area (Å²) < 4.78 is 27.8. The molecule has 0 amide bonds. The Bertz CT molecular complexity index is 197. The Morgan fingerprint density at radius 1 is 1.67 bits per heavy atom. The molecule has 0 fully saturated rings. The van der Waals surface area contributed by atoms with E-state index in [1.165, 1.54) is 6.92 Å². The molecule has 0 atom stereocenters. The molecule has 0 unspecified atom stereocenters. The molecule has 0 aliphatic rings. The molecular weight excluding hydrogens is 128 g/mol. The van der Waals surface area contributed by atoms with Gasteiger partial charge in [0.1, 0.15) is 0 Å². The van der Waals surface area contributed by atoms with Crippen molar-refractivity contribution in [2.24, 2.45) is 0 Å². The van der Waals surface area contributed by atoms with Gasteiger partial charge < -0.3 is 4.42 Å². The zero-order valence-corrected chi connectivity index (χ0v) is 4.77. The number of aromatic nitrogens is 1. The summed E-state index contributed by atoms with van der Waals surface area (Å²) in [6.07, 6.45) is -1.54. The average molecular weight is 133 g/mol. The molecule has 1 aromatic rings. The van der Waals surface area contributed by atoms with E-state index in [1.54, 1.807) is 0 Å². The van der Waals surface area contributed by atoms with Crippen LogP contribution in [0.3, 0.4) is 0 Å². The summed E-state index contributed by atoms with van der Waals surface area (Å²) in [5.41, 5.74) is 0.255. The number of alkyl halides is 2. The smallest absolute Gasteiger partial charge is 0.297 e. The number of halogens is 2. The number of nitrogens with zero attached hydrogens (tertiary/aromatic N) is 1. The van der Waals surface area contributed by atoms with Crippen LogP contribution in [0.4, 0.5) is 8.78 Å². The van der Waals surface area contributed by atoms with Gasteiger partial charge in [0.2, 0.25) is 0 Å². The highest BCUT2D eigenvalue weighted by molar-refractivity contribution is 5.04. The summed E-state index contributed by atoms with van der Waals surface area (Å²) in [5, 5.41) is 0. The summed E-state index contributed by atoms with van der Waals surface area (Å²) in [4.78, 5) is 3.49. The highest BCUT2D eigenvalue weighted by atomic mass is 19.3. The number of aryl methyl sites for hydroxylation is 1. The van der Waals surface area contributed by atoms with E-state index in [2.05, 4.69) is 9.40 Å². The van der Waals surface area contributed by atoms with Crippen molar-refractivity contribution in [3.8, 4) is 0 Å². The first-order chi connectivity index (χ1) is 4.22. The lowest BCUT2D eigenvalue weighted by molar-refractivity contribution is 0.121. The van der Waals surface area contributed by atoms with Gasteiger partial charge in [0.15, 0.2) is 12.2 Å². The number of rotatable bonds is 1. The van der Waals surface area contributed by atoms with Gasteiger partial charge >= 0.3 is 0 Å². The fraction of sp³-hybridized carbons (Fsp3) is 0.400. The third-order valence-electron chi connectivity index (χ3n) is 0.981. The average Bonchev–Trinajstić information content (AvgIpc) is 2.13. The normalized spacial score (nSPS) is 10.7. The van der Waals surface area contributed by atoms with Crippen LogP contribution in [-0.4, -0.2) is 4.98 Å². The van der Waals surface area contributed by atoms with E-state index < -0.39 is 6.43 Å². The van der Waals surface area contributed by atoms with Gasteiger partial charge in [-0.15, -0.1) is 0 Å². The van der Waals surface area contributed by atoms with Gasteiger partial charge in [-0.2, -0.15) is 0 Å². The highest BCUT2D eigenvalue weighted by Gasteiger charge is 2.14. The minimum Gasteiger partial charge on any atom is -0.442 e. The third-order valence-corrected chi connectivity index (χ3v) is 0.981. The first-order valence-corrected chi connectivity index (χ1v) is 2.40. The Kier molecular flexibility index (Phi) is 1.46. The van der Waals surface area contributed by atoms with Gasteiger partial charge in [0.05, 0.1) is 5.69 Å². The van der Waals surface area contributed by atoms with Crippen molar-refractivity contribution in [3.63, 3.8) is 0 Å². The lowest BCUT2D eigenvalue weighted by Crippen LogP contribution is -1.82. The monoisotopic (exact) mass is 133 g/mol. The van der Waals surface area contributed by atoms with Gasteiger partial charge in [-0.3, -0.25) is 0 Å². The quantitative estimate of drug-likeness (QED) is 0.584. The van der Waals surface area contributed by atoms with Crippen LogP contribution in [0.1, 0.15) is 17.9 Å². The largest absolute Gasteiger partial charge is 0.442 e. The van der Waals surface area contributed by atoms with Crippen molar-refractivity contribution in [1.82, 2.24) is 4.98 Å². The van der Waals surface area contributed by atoms with Crippen LogP contribution in [0.25, 0.3) is 0 Å². The summed E-state index contributed by atoms with van der Waals surface area (Å²) >= 11 is 0. The summed E-state index contributed by atoms with van der Waals surface area (Å²) in [5.74, 6) is -0.338. The minimum atomic E-state index is -2.55. The zero-order chi connectivity index (χ0) is 6.85. The van der Waals surface area contributed by atoms with E-state index in [9.17, 15) is 8.78 Å². The van der Waals surface area contributed by atoms with E-state index in [1.807, 2.05) is 0 Å². The zero-order valence-electron chi connectivity index (χ0n) is 4.77. The van der Waals surface area contributed by atoms with E-state index >= 15 is 0 Å². The Morgan fingerprint density at radius 2 is 2.33 bits per heavy atom. The van der Waals surface area contributed by atoms with Crippen LogP contribution in [-0.2, 0) is 0 Å². The Balaban J connectivity index is 2.94. The summed E-state index contributed by atoms with van der Waals surface area (Å²) in [7, 11) is 0. The Labute approximate surface area is 50.5 Å². The second kappa shape index (κ2) is 2.13. The van der Waals surface area contributed by atoms with Gasteiger partial charge in [-0.1, -0.05) is 0 Å². The van der Waals surface area contributed by atoms with Gasteiger partial charge in [-0.05, 0) is 6.92 Å². The van der Waals surface area contributed by atoms with Gasteiger partial charge in [0, 0.05) is 0 Å². The van der Waals surface area contributed by atoms with E-state index in [-0.39, 0.29) is 11.5 Å². The first-order valence-electron chi connectivity index (χ1n) is 2.40. The Hall–Kier alpha value is -0.930. The van der Waals surface area contributed by atoms with Crippen molar-refractivity contribution >= 4 is 0 Å². The second-order valence-electron chi connectivity index (χ2n) is 1.60. The lowest BCUT2D eigenvalue weighted by atomic mass is 10.4. The molecule has 2 nitrogen and oxygen atoms in total. The fourth-order valence-electron chi connectivity index (χ4n) is 0.520. The van der Waals surface area contributed by atoms with Crippen LogP contribution < -0.4 is 0 Å². The molecule has 50 valence electrons. The number of oxazole rings is 1. The number of hydrogen-bond donors (Lipinski definition) is 0. The highest BCUT2D eigenvalue weighted by Crippen LogP contribution is 2.20. The molecule has 0 aliphatic carbocycles. The predicted molar refractivity (Wildman–Crippen MR) is 26.2 cm³/mol. The SMILES string of the molecule is Cc1ncoc1C(F)F. The number of hydrogen-bond acceptors (Lipinski definition) is 2. The maximum Gasteiger partial charge on any atom is 0.297 e. The molecule has 9 heavy (non-hydrogen) atoms. The molecule has 1 heterocycles. The second-order valence-corrected chi connectivity index (χ2v) is 1.60. The van der Waals surface area contributed by atoms with Crippen LogP contribution >= 0.6 is 0 Å². The molecule has 0 aliphatic heterocycles. The molecule has 4 heteroatoms. The van der Waals surface area contributed by atoms with Crippen molar-refractivity contribution < 1.29 is 13.2 Å². The molecule has 0 saturated heterocycles. The lowest BCUT2D eigenvalue weighted by Gasteiger charge is -1.90. The standard InChI is InChI=1S/C5H5F2NO/c1-3-4(5(6)7)9-2-8-3/h2,5H,1H3. The van der Waals surface area contributed by atoms with Crippen LogP contribution in [0.5, 0.6) is 0 Å². The molecule has 0 radical (unpaired) electrons. The maximum atomic E-state index is 11.7. The molecule has 0 aromatic carbocycles. The molecule has 1 aromatic heterocycles. The van der Waals surface area contributed by atoms with Crippen molar-refractivity contribution in [1.29, 1.82) is 0 Å². The van der Waals surface area contributed by atoms with Crippen LogP contribution in [0, 0.1) is 6.92 Å². The molecule has 0 N–H and O–H groups in total. The fourth-order valence-corrected chi connectivity index (χ4v) is 0.520. The van der Waals surface area contributed by atoms with Crippen molar-refractivity contribution in [2.75, 3.05) is 0 Å². The van der Waals surface area contributed by atoms with Crippen LogP contribution in [0.2, 0.25) is 0 Å². The van der Waals surface area contributed by atoms with Gasteiger partial charge in [0.25, 0.3) is 6.43 Å². The van der Waals surface area contributed by atoms with E-state index in [0.717, 1.165) is 6.39 Å². The van der Waals surface area contributed by atoms with E-state index in [4.69, 9.17) is 0 Å². The van der Waals surface area contributed by atoms with Crippen LogP contribution in [0.15, 0.2) is 10.8 Å². The predicted octanol–water partition coefficient (Wildman–Crippen LogP) is 1.92. The van der Waals surface area contributed by atoms with Crippen molar-refractivity contribution in [3.05, 3.63) is 17.8 Å². The van der Waals surface area contributed by atoms with Crippen molar-refractivity contribution in [2.45, 2.75) is 13.3 Å². The molecule has 0 bridgehead atoms. The molecular formula is C5H5F2NO. The van der Waals surface area contributed by atoms with E-state index in [0.29, 0.717) is 0 Å². The molecule has 0 spiro atoms. The third kappa shape index (κ3) is 1.06. The maximum absolute atomic E-state index is 11.7. The first kappa shape index (κ1) is 6.19. The summed E-state index contributed by atoms with van der Waals surface area (Å²) in [6.45, 7) is 1.48. The molecule has 0 saturated carbocycles. The topological polar surface area (TPSA) is 26.0 Å². The summed E-state index contributed by atoms with van der Waals surface area (Å²) in [6, 6.07) is 0. The Morgan fingerprint density at radius 3 is 2.56 bits per heavy atom. The molecule has 1 rings (SSSR count). The van der Waals surface area contributed by atoms with Gasteiger partial charge in [-0.25, -0.2) is 13.8 Å².